The highest BCUT2D eigenvalue weighted by Crippen LogP contribution is 2.31. The molecule has 0 aliphatic heterocycles. The second kappa shape index (κ2) is 9.17. The second-order valence-electron chi connectivity index (χ2n) is 8.05. The van der Waals surface area contributed by atoms with Gasteiger partial charge in [-0.2, -0.15) is 0 Å². The summed E-state index contributed by atoms with van der Waals surface area (Å²) in [6.45, 7) is 0.656. The summed E-state index contributed by atoms with van der Waals surface area (Å²) in [6, 6.07) is 11.0. The van der Waals surface area contributed by atoms with Crippen LogP contribution in [0, 0.1) is 11.8 Å². The lowest BCUT2D eigenvalue weighted by Crippen LogP contribution is -2.32. The molecule has 4 rings (SSSR count). The van der Waals surface area contributed by atoms with Gasteiger partial charge in [-0.1, -0.05) is 18.6 Å². The number of para-hydroxylation sites is 2. The lowest BCUT2D eigenvalue weighted by molar-refractivity contribution is -0.123. The number of carbonyl (C=O) groups excluding carboxylic acids is 1. The third-order valence-electron chi connectivity index (χ3n) is 5.83. The first-order chi connectivity index (χ1) is 14.6. The number of rotatable bonds is 8. The van der Waals surface area contributed by atoms with Gasteiger partial charge in [0.2, 0.25) is 0 Å². The minimum absolute atomic E-state index is 0.0685. The van der Waals surface area contributed by atoms with E-state index in [0.29, 0.717) is 18.2 Å². The third kappa shape index (κ3) is 4.91. The molecule has 1 aromatic carbocycles. The number of carboxylic acid groups (broad SMARTS) is 1. The molecule has 1 aliphatic rings. The van der Waals surface area contributed by atoms with Crippen LogP contribution in [0.5, 0.6) is 0 Å². The van der Waals surface area contributed by atoms with E-state index < -0.39 is 5.97 Å². The van der Waals surface area contributed by atoms with Crippen LogP contribution in [-0.2, 0) is 17.8 Å². The SMILES string of the molecule is O=C(O)c1ccnc(CNCC(=O)C2CCCC(Cc3nc4ccccc4[nH]3)C2)c1. The van der Waals surface area contributed by atoms with Gasteiger partial charge in [0, 0.05) is 25.1 Å². The minimum atomic E-state index is -0.979. The first-order valence-corrected chi connectivity index (χ1v) is 10.4. The Balaban J connectivity index is 1.28. The summed E-state index contributed by atoms with van der Waals surface area (Å²) >= 11 is 0. The maximum atomic E-state index is 12.7. The molecule has 1 fully saturated rings. The van der Waals surface area contributed by atoms with E-state index in [1.54, 1.807) is 0 Å². The van der Waals surface area contributed by atoms with Gasteiger partial charge in [0.15, 0.2) is 0 Å². The summed E-state index contributed by atoms with van der Waals surface area (Å²) in [4.78, 5) is 36.0. The third-order valence-corrected chi connectivity index (χ3v) is 5.83. The van der Waals surface area contributed by atoms with Gasteiger partial charge in [-0.25, -0.2) is 9.78 Å². The molecule has 0 amide bonds. The number of carbonyl (C=O) groups is 2. The van der Waals surface area contributed by atoms with Crippen molar-refractivity contribution in [2.45, 2.75) is 38.6 Å². The Morgan fingerprint density at radius 3 is 2.90 bits per heavy atom. The molecular weight excluding hydrogens is 380 g/mol. The van der Waals surface area contributed by atoms with Crippen LogP contribution in [0.2, 0.25) is 0 Å². The summed E-state index contributed by atoms with van der Waals surface area (Å²) in [6.07, 6.45) is 6.36. The van der Waals surface area contributed by atoms with E-state index in [-0.39, 0.29) is 23.8 Å². The Morgan fingerprint density at radius 2 is 2.07 bits per heavy atom. The standard InChI is InChI=1S/C23H26N4O3/c28-21(14-24-13-18-12-17(23(29)30)8-9-25-18)16-5-3-4-15(10-16)11-22-26-19-6-1-2-7-20(19)27-22/h1-2,6-9,12,15-16,24H,3-5,10-11,13-14H2,(H,26,27)(H,29,30). The molecule has 0 spiro atoms. The van der Waals surface area contributed by atoms with E-state index in [9.17, 15) is 9.59 Å². The molecule has 2 heterocycles. The molecule has 0 radical (unpaired) electrons. The number of H-pyrrole nitrogens is 1. The predicted octanol–water partition coefficient (Wildman–Crippen LogP) is 3.36. The van der Waals surface area contributed by atoms with E-state index in [2.05, 4.69) is 20.3 Å². The zero-order valence-corrected chi connectivity index (χ0v) is 16.8. The molecule has 156 valence electrons. The Labute approximate surface area is 174 Å². The zero-order chi connectivity index (χ0) is 20.9. The molecule has 1 aliphatic carbocycles. The first-order valence-electron chi connectivity index (χ1n) is 10.4. The van der Waals surface area contributed by atoms with E-state index in [0.717, 1.165) is 49.0 Å². The van der Waals surface area contributed by atoms with Crippen LogP contribution in [0.4, 0.5) is 0 Å². The van der Waals surface area contributed by atoms with Gasteiger partial charge in [0.1, 0.15) is 11.6 Å². The van der Waals surface area contributed by atoms with Crippen molar-refractivity contribution in [3.05, 3.63) is 59.7 Å². The van der Waals surface area contributed by atoms with Crippen molar-refractivity contribution in [1.29, 1.82) is 0 Å². The van der Waals surface area contributed by atoms with Crippen molar-refractivity contribution in [2.24, 2.45) is 11.8 Å². The molecule has 2 atom stereocenters. The van der Waals surface area contributed by atoms with Crippen molar-refractivity contribution in [3.8, 4) is 0 Å². The fourth-order valence-corrected chi connectivity index (χ4v) is 4.31. The Bertz CT molecular complexity index is 1010. The number of hydrogen-bond acceptors (Lipinski definition) is 5. The fraction of sp³-hybridized carbons (Fsp3) is 0.391. The topological polar surface area (TPSA) is 108 Å². The number of benzene rings is 1. The molecule has 7 heteroatoms. The number of nitrogens with one attached hydrogen (secondary N) is 2. The number of Topliss-reactive ketones (excluding diaryl/α,β-unsaturated/α-hetero) is 1. The summed E-state index contributed by atoms with van der Waals surface area (Å²) < 4.78 is 0. The zero-order valence-electron chi connectivity index (χ0n) is 16.8. The average molecular weight is 406 g/mol. The molecule has 2 unspecified atom stereocenters. The Kier molecular flexibility index (Phi) is 6.18. The number of fused-ring (bicyclic) bond motifs is 1. The largest absolute Gasteiger partial charge is 0.478 e. The number of aromatic amines is 1. The van der Waals surface area contributed by atoms with Crippen molar-refractivity contribution < 1.29 is 14.7 Å². The van der Waals surface area contributed by atoms with Crippen LogP contribution in [0.3, 0.4) is 0 Å². The van der Waals surface area contributed by atoms with E-state index >= 15 is 0 Å². The van der Waals surface area contributed by atoms with Crippen LogP contribution < -0.4 is 5.32 Å². The molecule has 7 nitrogen and oxygen atoms in total. The molecule has 3 N–H and O–H groups in total. The maximum absolute atomic E-state index is 12.7. The molecular formula is C23H26N4O3. The molecule has 0 bridgehead atoms. The lowest BCUT2D eigenvalue weighted by atomic mass is 9.78. The van der Waals surface area contributed by atoms with Crippen LogP contribution in [-0.4, -0.2) is 38.4 Å². The van der Waals surface area contributed by atoms with Gasteiger partial charge in [-0.15, -0.1) is 0 Å². The lowest BCUT2D eigenvalue weighted by Gasteiger charge is -2.27. The van der Waals surface area contributed by atoms with Gasteiger partial charge < -0.3 is 15.4 Å². The van der Waals surface area contributed by atoms with Crippen molar-refractivity contribution in [2.75, 3.05) is 6.54 Å². The van der Waals surface area contributed by atoms with E-state index in [4.69, 9.17) is 5.11 Å². The maximum Gasteiger partial charge on any atom is 0.335 e. The molecule has 1 saturated carbocycles. The van der Waals surface area contributed by atoms with E-state index in [1.165, 1.54) is 18.3 Å². The number of carboxylic acids is 1. The van der Waals surface area contributed by atoms with Crippen LogP contribution in [0.25, 0.3) is 11.0 Å². The molecule has 2 aromatic heterocycles. The quantitative estimate of drug-likeness (QED) is 0.529. The summed E-state index contributed by atoms with van der Waals surface area (Å²) in [5.74, 6) is 0.768. The monoisotopic (exact) mass is 406 g/mol. The number of aromatic carboxylic acids is 1. The Hall–Kier alpha value is -3.06. The van der Waals surface area contributed by atoms with E-state index in [1.807, 2.05) is 24.3 Å². The molecule has 3 aromatic rings. The fourth-order valence-electron chi connectivity index (χ4n) is 4.31. The molecule has 30 heavy (non-hydrogen) atoms. The van der Waals surface area contributed by atoms with Crippen molar-refractivity contribution in [1.82, 2.24) is 20.3 Å². The summed E-state index contributed by atoms with van der Waals surface area (Å²) in [5.41, 5.74) is 2.87. The summed E-state index contributed by atoms with van der Waals surface area (Å²) in [7, 11) is 0. The highest BCUT2D eigenvalue weighted by molar-refractivity contribution is 5.87. The van der Waals surface area contributed by atoms with Gasteiger partial charge in [-0.3, -0.25) is 9.78 Å². The highest BCUT2D eigenvalue weighted by atomic mass is 16.4. The van der Waals surface area contributed by atoms with Crippen LogP contribution >= 0.6 is 0 Å². The van der Waals surface area contributed by atoms with Crippen LogP contribution in [0.1, 0.15) is 47.6 Å². The number of ketones is 1. The smallest absolute Gasteiger partial charge is 0.335 e. The number of aromatic nitrogens is 3. The number of hydrogen-bond donors (Lipinski definition) is 3. The first kappa shape index (κ1) is 20.2. The number of pyridine rings is 1. The van der Waals surface area contributed by atoms with Gasteiger partial charge in [-0.05, 0) is 49.4 Å². The summed E-state index contributed by atoms with van der Waals surface area (Å²) in [5, 5.41) is 12.2. The van der Waals surface area contributed by atoms with Crippen molar-refractivity contribution >= 4 is 22.8 Å². The second-order valence-corrected chi connectivity index (χ2v) is 8.05. The molecule has 0 saturated heterocycles. The average Bonchev–Trinajstić information content (AvgIpc) is 3.16. The van der Waals surface area contributed by atoms with Crippen molar-refractivity contribution in [3.63, 3.8) is 0 Å². The number of nitrogens with zero attached hydrogens (tertiary/aromatic N) is 2. The predicted molar refractivity (Wildman–Crippen MR) is 113 cm³/mol. The normalized spacial score (nSPS) is 19.1. The van der Waals surface area contributed by atoms with Gasteiger partial charge in [0.05, 0.1) is 28.8 Å². The minimum Gasteiger partial charge on any atom is -0.478 e. The van der Waals surface area contributed by atoms with Gasteiger partial charge >= 0.3 is 5.97 Å². The number of imidazole rings is 1. The van der Waals surface area contributed by atoms with Crippen LogP contribution in [0.15, 0.2) is 42.6 Å². The van der Waals surface area contributed by atoms with Gasteiger partial charge in [0.25, 0.3) is 0 Å². The Morgan fingerprint density at radius 1 is 1.20 bits per heavy atom. The highest BCUT2D eigenvalue weighted by Gasteiger charge is 2.27.